The Morgan fingerprint density at radius 1 is 1.00 bits per heavy atom. The Hall–Kier alpha value is -2.59. The summed E-state index contributed by atoms with van der Waals surface area (Å²) in [5.41, 5.74) is 3.36. The van der Waals surface area contributed by atoms with E-state index in [-0.39, 0.29) is 6.03 Å². The van der Waals surface area contributed by atoms with E-state index >= 15 is 0 Å². The number of carbonyl (C=O) groups is 1. The van der Waals surface area contributed by atoms with E-state index in [1.54, 1.807) is 0 Å². The molecule has 1 fully saturated rings. The zero-order chi connectivity index (χ0) is 19.1. The van der Waals surface area contributed by atoms with Gasteiger partial charge in [0.2, 0.25) is 0 Å². The molecule has 2 aromatic rings. The molecule has 3 rings (SSSR count). The molecule has 1 aliphatic heterocycles. The van der Waals surface area contributed by atoms with E-state index in [9.17, 15) is 4.79 Å². The Morgan fingerprint density at radius 3 is 2.30 bits per heavy atom. The first-order valence-electron chi connectivity index (χ1n) is 9.71. The van der Waals surface area contributed by atoms with Gasteiger partial charge in [0, 0.05) is 38.4 Å². The molecule has 2 aromatic carbocycles. The smallest absolute Gasteiger partial charge is 0.321 e. The number of nitrogens with one attached hydrogen (secondary N) is 1. The average Bonchev–Trinajstić information content (AvgIpc) is 2.70. The van der Waals surface area contributed by atoms with Crippen molar-refractivity contribution in [2.75, 3.05) is 38.0 Å². The van der Waals surface area contributed by atoms with E-state index in [2.05, 4.69) is 60.5 Å². The zero-order valence-electron chi connectivity index (χ0n) is 16.3. The van der Waals surface area contributed by atoms with Crippen LogP contribution >= 0.6 is 0 Å². The van der Waals surface area contributed by atoms with Gasteiger partial charge >= 0.3 is 6.03 Å². The van der Waals surface area contributed by atoms with Crippen molar-refractivity contribution in [3.63, 3.8) is 0 Å². The van der Waals surface area contributed by atoms with Gasteiger partial charge in [-0.2, -0.15) is 0 Å². The first-order valence-corrected chi connectivity index (χ1v) is 9.71. The molecule has 0 atom stereocenters. The molecule has 0 saturated carbocycles. The number of rotatable bonds is 5. The lowest BCUT2D eigenvalue weighted by molar-refractivity contribution is 0.156. The second-order valence-electron chi connectivity index (χ2n) is 7.31. The van der Waals surface area contributed by atoms with E-state index in [1.807, 2.05) is 35.2 Å². The highest BCUT2D eigenvalue weighted by molar-refractivity contribution is 5.89. The third-order valence-electron chi connectivity index (χ3n) is 4.96. The lowest BCUT2D eigenvalue weighted by atomic mass is 10.0. The number of amides is 2. The predicted octanol–water partition coefficient (Wildman–Crippen LogP) is 4.67. The van der Waals surface area contributed by atoms with Crippen LogP contribution in [0, 0.1) is 0 Å². The van der Waals surface area contributed by atoms with E-state index in [1.165, 1.54) is 11.1 Å². The van der Waals surface area contributed by atoms with E-state index < -0.39 is 0 Å². The third-order valence-corrected chi connectivity index (χ3v) is 4.96. The standard InChI is InChI=1S/C23H29N3O/c1-19(2)21-10-12-22(13-11-21)24-23(27)26-17-15-25(16-18-26)14-6-9-20-7-4-3-5-8-20/h3-13,19H,14-18H2,1-2H3,(H,24,27)/b9-6-. The molecule has 2 amide bonds. The van der Waals surface area contributed by atoms with Gasteiger partial charge in [0.05, 0.1) is 0 Å². The van der Waals surface area contributed by atoms with Crippen molar-refractivity contribution in [2.45, 2.75) is 19.8 Å². The van der Waals surface area contributed by atoms with Crippen molar-refractivity contribution in [1.29, 1.82) is 0 Å². The molecule has 0 radical (unpaired) electrons. The third kappa shape index (κ3) is 5.69. The topological polar surface area (TPSA) is 35.6 Å². The summed E-state index contributed by atoms with van der Waals surface area (Å²) in [5.74, 6) is 0.499. The summed E-state index contributed by atoms with van der Waals surface area (Å²) >= 11 is 0. The molecule has 1 saturated heterocycles. The molecule has 0 unspecified atom stereocenters. The average molecular weight is 364 g/mol. The quantitative estimate of drug-likeness (QED) is 0.838. The number of nitrogens with zero attached hydrogens (tertiary/aromatic N) is 2. The Bertz CT molecular complexity index is 745. The minimum atomic E-state index is -0.00762. The van der Waals surface area contributed by atoms with Gasteiger partial charge in [0.15, 0.2) is 0 Å². The molecule has 0 spiro atoms. The van der Waals surface area contributed by atoms with Gasteiger partial charge in [-0.05, 0) is 29.2 Å². The molecule has 1 aliphatic rings. The summed E-state index contributed by atoms with van der Waals surface area (Å²) in [6.45, 7) is 8.58. The van der Waals surface area contributed by atoms with Crippen LogP contribution in [0.1, 0.15) is 30.9 Å². The van der Waals surface area contributed by atoms with Gasteiger partial charge in [-0.1, -0.05) is 68.5 Å². The fourth-order valence-electron chi connectivity index (χ4n) is 3.19. The van der Waals surface area contributed by atoms with Crippen molar-refractivity contribution in [3.8, 4) is 0 Å². The second kappa shape index (κ2) is 9.38. The molecule has 0 bridgehead atoms. The van der Waals surface area contributed by atoms with Crippen LogP contribution in [0.5, 0.6) is 0 Å². The zero-order valence-corrected chi connectivity index (χ0v) is 16.3. The van der Waals surface area contributed by atoms with Crippen LogP contribution < -0.4 is 5.32 Å². The maximum atomic E-state index is 12.5. The van der Waals surface area contributed by atoms with Gasteiger partial charge < -0.3 is 10.2 Å². The van der Waals surface area contributed by atoms with E-state index in [4.69, 9.17) is 0 Å². The largest absolute Gasteiger partial charge is 0.322 e. The fraction of sp³-hybridized carbons (Fsp3) is 0.348. The van der Waals surface area contributed by atoms with Gasteiger partial charge in [0.25, 0.3) is 0 Å². The van der Waals surface area contributed by atoms with Gasteiger partial charge in [-0.3, -0.25) is 4.90 Å². The maximum absolute atomic E-state index is 12.5. The highest BCUT2D eigenvalue weighted by Gasteiger charge is 2.20. The summed E-state index contributed by atoms with van der Waals surface area (Å²) in [6, 6.07) is 18.5. The summed E-state index contributed by atoms with van der Waals surface area (Å²) in [5, 5.41) is 3.01. The Balaban J connectivity index is 1.43. The summed E-state index contributed by atoms with van der Waals surface area (Å²) < 4.78 is 0. The molecular weight excluding hydrogens is 334 g/mol. The predicted molar refractivity (Wildman–Crippen MR) is 113 cm³/mol. The number of hydrogen-bond acceptors (Lipinski definition) is 2. The van der Waals surface area contributed by atoms with Crippen LogP contribution in [-0.4, -0.2) is 48.6 Å². The highest BCUT2D eigenvalue weighted by atomic mass is 16.2. The van der Waals surface area contributed by atoms with Crippen molar-refractivity contribution in [2.24, 2.45) is 0 Å². The number of anilines is 1. The minimum Gasteiger partial charge on any atom is -0.322 e. The fourth-order valence-corrected chi connectivity index (χ4v) is 3.19. The van der Waals surface area contributed by atoms with Crippen LogP contribution in [0.4, 0.5) is 10.5 Å². The SMILES string of the molecule is CC(C)c1ccc(NC(=O)N2CCN(C/C=C\c3ccccc3)CC2)cc1. The lowest BCUT2D eigenvalue weighted by Crippen LogP contribution is -2.49. The molecule has 0 aliphatic carbocycles. The second-order valence-corrected chi connectivity index (χ2v) is 7.31. The molecule has 0 aromatic heterocycles. The highest BCUT2D eigenvalue weighted by Crippen LogP contribution is 2.17. The van der Waals surface area contributed by atoms with E-state index in [0.29, 0.717) is 5.92 Å². The van der Waals surface area contributed by atoms with Crippen LogP contribution in [-0.2, 0) is 0 Å². The van der Waals surface area contributed by atoms with Gasteiger partial charge in [-0.25, -0.2) is 4.79 Å². The summed E-state index contributed by atoms with van der Waals surface area (Å²) in [4.78, 5) is 16.7. The first-order chi connectivity index (χ1) is 13.1. The summed E-state index contributed by atoms with van der Waals surface area (Å²) in [7, 11) is 0. The summed E-state index contributed by atoms with van der Waals surface area (Å²) in [6.07, 6.45) is 4.35. The van der Waals surface area contributed by atoms with Crippen LogP contribution in [0.25, 0.3) is 6.08 Å². The number of hydrogen-bond donors (Lipinski definition) is 1. The van der Waals surface area contributed by atoms with Crippen LogP contribution in [0.3, 0.4) is 0 Å². The molecule has 1 N–H and O–H groups in total. The van der Waals surface area contributed by atoms with Crippen molar-refractivity contribution in [1.82, 2.24) is 9.80 Å². The van der Waals surface area contributed by atoms with Crippen molar-refractivity contribution >= 4 is 17.8 Å². The maximum Gasteiger partial charge on any atom is 0.321 e. The molecule has 27 heavy (non-hydrogen) atoms. The Kier molecular flexibility index (Phi) is 6.66. The number of carbonyl (C=O) groups excluding carboxylic acids is 1. The van der Waals surface area contributed by atoms with E-state index in [0.717, 1.165) is 38.4 Å². The van der Waals surface area contributed by atoms with Crippen LogP contribution in [0.2, 0.25) is 0 Å². The van der Waals surface area contributed by atoms with Crippen molar-refractivity contribution in [3.05, 3.63) is 71.8 Å². The van der Waals surface area contributed by atoms with Crippen molar-refractivity contribution < 1.29 is 4.79 Å². The number of benzene rings is 2. The van der Waals surface area contributed by atoms with Crippen LogP contribution in [0.15, 0.2) is 60.7 Å². The molecule has 4 heteroatoms. The van der Waals surface area contributed by atoms with Gasteiger partial charge in [-0.15, -0.1) is 0 Å². The molecule has 1 heterocycles. The Labute approximate surface area is 162 Å². The molecule has 4 nitrogen and oxygen atoms in total. The molecule has 142 valence electrons. The lowest BCUT2D eigenvalue weighted by Gasteiger charge is -2.34. The number of urea groups is 1. The monoisotopic (exact) mass is 363 g/mol. The van der Waals surface area contributed by atoms with Gasteiger partial charge in [0.1, 0.15) is 0 Å². The molecular formula is C23H29N3O. The minimum absolute atomic E-state index is 0.00762. The Morgan fingerprint density at radius 2 is 1.67 bits per heavy atom. The first kappa shape index (κ1) is 19.2. The number of piperazine rings is 1. The normalized spacial score (nSPS) is 15.4.